The SMILES string of the molecule is NNC(Cc1cc(F)ccc1Br)c1ncccn1. The van der Waals surface area contributed by atoms with E-state index in [1.807, 2.05) is 0 Å². The van der Waals surface area contributed by atoms with E-state index in [0.29, 0.717) is 12.2 Å². The molecule has 0 amide bonds. The number of aromatic nitrogens is 2. The molecule has 0 spiro atoms. The van der Waals surface area contributed by atoms with Crippen LogP contribution in [-0.2, 0) is 6.42 Å². The monoisotopic (exact) mass is 310 g/mol. The standard InChI is InChI=1S/C12H12BrFN4/c13-10-3-2-9(14)6-8(10)7-11(18-15)12-16-4-1-5-17-12/h1-6,11,18H,7,15H2. The van der Waals surface area contributed by atoms with Gasteiger partial charge in [0, 0.05) is 16.9 Å². The molecule has 0 aliphatic rings. The minimum Gasteiger partial charge on any atom is -0.271 e. The molecule has 0 radical (unpaired) electrons. The number of benzene rings is 1. The van der Waals surface area contributed by atoms with Crippen LogP contribution in [0.2, 0.25) is 0 Å². The first-order valence-corrected chi connectivity index (χ1v) is 6.17. The Labute approximate surface area is 113 Å². The van der Waals surface area contributed by atoms with E-state index in [4.69, 9.17) is 5.84 Å². The predicted molar refractivity (Wildman–Crippen MR) is 69.9 cm³/mol. The van der Waals surface area contributed by atoms with Crippen molar-refractivity contribution in [1.82, 2.24) is 15.4 Å². The Morgan fingerprint density at radius 1 is 1.33 bits per heavy atom. The maximum Gasteiger partial charge on any atom is 0.146 e. The van der Waals surface area contributed by atoms with Gasteiger partial charge in [-0.3, -0.25) is 5.84 Å². The van der Waals surface area contributed by atoms with Crippen molar-refractivity contribution < 1.29 is 4.39 Å². The highest BCUT2D eigenvalue weighted by atomic mass is 79.9. The number of rotatable bonds is 4. The molecule has 0 saturated carbocycles. The molecule has 1 aromatic carbocycles. The quantitative estimate of drug-likeness (QED) is 0.671. The first kappa shape index (κ1) is 13.1. The van der Waals surface area contributed by atoms with Crippen molar-refractivity contribution in [2.75, 3.05) is 0 Å². The molecule has 3 N–H and O–H groups in total. The average molecular weight is 311 g/mol. The minimum atomic E-state index is -0.280. The van der Waals surface area contributed by atoms with Gasteiger partial charge in [-0.1, -0.05) is 15.9 Å². The summed E-state index contributed by atoms with van der Waals surface area (Å²) in [6, 6.07) is 6.01. The number of nitrogens with zero attached hydrogens (tertiary/aromatic N) is 2. The zero-order chi connectivity index (χ0) is 13.0. The number of hydrazine groups is 1. The van der Waals surface area contributed by atoms with Crippen LogP contribution in [0.15, 0.2) is 41.1 Å². The first-order valence-electron chi connectivity index (χ1n) is 5.37. The lowest BCUT2D eigenvalue weighted by atomic mass is 10.1. The van der Waals surface area contributed by atoms with Crippen molar-refractivity contribution in [3.63, 3.8) is 0 Å². The number of hydrogen-bond acceptors (Lipinski definition) is 4. The molecule has 6 heteroatoms. The Bertz CT molecular complexity index is 521. The van der Waals surface area contributed by atoms with Gasteiger partial charge in [-0.05, 0) is 36.2 Å². The molecule has 2 rings (SSSR count). The highest BCUT2D eigenvalue weighted by molar-refractivity contribution is 9.10. The normalized spacial score (nSPS) is 12.4. The fourth-order valence-corrected chi connectivity index (χ4v) is 2.04. The Hall–Kier alpha value is -1.37. The van der Waals surface area contributed by atoms with E-state index < -0.39 is 0 Å². The molecule has 0 aliphatic carbocycles. The summed E-state index contributed by atoms with van der Waals surface area (Å²) in [7, 11) is 0. The topological polar surface area (TPSA) is 63.8 Å². The number of hydrogen-bond donors (Lipinski definition) is 2. The first-order chi connectivity index (χ1) is 8.70. The molecule has 4 nitrogen and oxygen atoms in total. The van der Waals surface area contributed by atoms with Gasteiger partial charge in [0.25, 0.3) is 0 Å². The van der Waals surface area contributed by atoms with Gasteiger partial charge >= 0.3 is 0 Å². The van der Waals surface area contributed by atoms with Crippen LogP contribution < -0.4 is 11.3 Å². The number of halogens is 2. The maximum atomic E-state index is 13.2. The Morgan fingerprint density at radius 3 is 2.72 bits per heavy atom. The molecular formula is C12H12BrFN4. The largest absolute Gasteiger partial charge is 0.271 e. The van der Waals surface area contributed by atoms with Gasteiger partial charge in [0.2, 0.25) is 0 Å². The fraction of sp³-hybridized carbons (Fsp3) is 0.167. The second kappa shape index (κ2) is 5.99. The molecule has 0 fully saturated rings. The van der Waals surface area contributed by atoms with Gasteiger partial charge in [-0.25, -0.2) is 19.8 Å². The third kappa shape index (κ3) is 3.10. The van der Waals surface area contributed by atoms with Gasteiger partial charge in [-0.15, -0.1) is 0 Å². The number of nitrogens with two attached hydrogens (primary N) is 1. The summed E-state index contributed by atoms with van der Waals surface area (Å²) < 4.78 is 14.0. The van der Waals surface area contributed by atoms with Crippen LogP contribution in [0.5, 0.6) is 0 Å². The molecule has 1 aromatic heterocycles. The summed E-state index contributed by atoms with van der Waals surface area (Å²) in [5, 5.41) is 0. The molecule has 0 bridgehead atoms. The van der Waals surface area contributed by atoms with Crippen molar-refractivity contribution in [3.05, 3.63) is 58.3 Å². The molecule has 0 aliphatic heterocycles. The smallest absolute Gasteiger partial charge is 0.146 e. The van der Waals surface area contributed by atoms with Crippen LogP contribution in [0, 0.1) is 5.82 Å². The van der Waals surface area contributed by atoms with Crippen molar-refractivity contribution in [2.24, 2.45) is 5.84 Å². The lowest BCUT2D eigenvalue weighted by Crippen LogP contribution is -2.31. The Balaban J connectivity index is 2.23. The Kier molecular flexibility index (Phi) is 4.35. The van der Waals surface area contributed by atoms with Crippen LogP contribution in [-0.4, -0.2) is 9.97 Å². The molecule has 18 heavy (non-hydrogen) atoms. The third-order valence-corrected chi connectivity index (χ3v) is 3.30. The van der Waals surface area contributed by atoms with E-state index in [1.54, 1.807) is 24.5 Å². The lowest BCUT2D eigenvalue weighted by Gasteiger charge is -2.15. The third-order valence-electron chi connectivity index (χ3n) is 2.53. The van der Waals surface area contributed by atoms with Crippen LogP contribution in [0.4, 0.5) is 4.39 Å². The zero-order valence-electron chi connectivity index (χ0n) is 9.48. The van der Waals surface area contributed by atoms with Gasteiger partial charge in [0.05, 0.1) is 6.04 Å². The van der Waals surface area contributed by atoms with Gasteiger partial charge in [-0.2, -0.15) is 0 Å². The van der Waals surface area contributed by atoms with E-state index >= 15 is 0 Å². The predicted octanol–water partition coefficient (Wildman–Crippen LogP) is 2.13. The van der Waals surface area contributed by atoms with Gasteiger partial charge in [0.15, 0.2) is 0 Å². The molecule has 1 heterocycles. The van der Waals surface area contributed by atoms with Gasteiger partial charge < -0.3 is 0 Å². The van der Waals surface area contributed by atoms with Crippen molar-refractivity contribution >= 4 is 15.9 Å². The highest BCUT2D eigenvalue weighted by Gasteiger charge is 2.15. The Morgan fingerprint density at radius 2 is 2.06 bits per heavy atom. The van der Waals surface area contributed by atoms with E-state index in [9.17, 15) is 4.39 Å². The maximum absolute atomic E-state index is 13.2. The van der Waals surface area contributed by atoms with Gasteiger partial charge in [0.1, 0.15) is 11.6 Å². The molecular weight excluding hydrogens is 299 g/mol. The fourth-order valence-electron chi connectivity index (χ4n) is 1.63. The van der Waals surface area contributed by atoms with E-state index in [1.165, 1.54) is 12.1 Å². The lowest BCUT2D eigenvalue weighted by molar-refractivity contribution is 0.519. The van der Waals surface area contributed by atoms with Crippen LogP contribution in [0.1, 0.15) is 17.4 Å². The van der Waals surface area contributed by atoms with E-state index in [0.717, 1.165) is 10.0 Å². The summed E-state index contributed by atoms with van der Waals surface area (Å²) in [4.78, 5) is 8.27. The zero-order valence-corrected chi connectivity index (χ0v) is 11.1. The van der Waals surface area contributed by atoms with Crippen LogP contribution in [0.25, 0.3) is 0 Å². The summed E-state index contributed by atoms with van der Waals surface area (Å²) in [5.74, 6) is 5.80. The molecule has 0 saturated heterocycles. The summed E-state index contributed by atoms with van der Waals surface area (Å²) >= 11 is 3.38. The van der Waals surface area contributed by atoms with E-state index in [2.05, 4.69) is 31.3 Å². The van der Waals surface area contributed by atoms with Crippen molar-refractivity contribution in [1.29, 1.82) is 0 Å². The molecule has 1 unspecified atom stereocenters. The van der Waals surface area contributed by atoms with E-state index in [-0.39, 0.29) is 11.9 Å². The average Bonchev–Trinajstić information content (AvgIpc) is 2.41. The minimum absolute atomic E-state index is 0.260. The summed E-state index contributed by atoms with van der Waals surface area (Å²) in [5.41, 5.74) is 3.46. The van der Waals surface area contributed by atoms with Crippen molar-refractivity contribution in [2.45, 2.75) is 12.5 Å². The highest BCUT2D eigenvalue weighted by Crippen LogP contribution is 2.22. The van der Waals surface area contributed by atoms with Crippen LogP contribution in [0.3, 0.4) is 0 Å². The molecule has 1 atom stereocenters. The number of nitrogens with one attached hydrogen (secondary N) is 1. The van der Waals surface area contributed by atoms with Crippen molar-refractivity contribution in [3.8, 4) is 0 Å². The summed E-state index contributed by atoms with van der Waals surface area (Å²) in [6.07, 6.45) is 3.79. The van der Waals surface area contributed by atoms with Crippen LogP contribution >= 0.6 is 15.9 Å². The molecule has 2 aromatic rings. The molecule has 94 valence electrons. The second-order valence-electron chi connectivity index (χ2n) is 3.77. The summed E-state index contributed by atoms with van der Waals surface area (Å²) in [6.45, 7) is 0. The second-order valence-corrected chi connectivity index (χ2v) is 4.62.